The second-order valence-corrected chi connectivity index (χ2v) is 6.68. The van der Waals surface area contributed by atoms with Crippen molar-refractivity contribution in [3.63, 3.8) is 0 Å². The van der Waals surface area contributed by atoms with Crippen molar-refractivity contribution in [3.05, 3.63) is 84.2 Å². The van der Waals surface area contributed by atoms with Crippen LogP contribution in [0.5, 0.6) is 0 Å². The summed E-state index contributed by atoms with van der Waals surface area (Å²) in [6, 6.07) is 23.4. The number of imidazole rings is 1. The molecule has 2 aromatic carbocycles. The van der Waals surface area contributed by atoms with E-state index in [1.165, 1.54) is 22.4 Å². The molecule has 3 heteroatoms. The van der Waals surface area contributed by atoms with Gasteiger partial charge in [0.1, 0.15) is 5.65 Å². The number of aromatic nitrogens is 2. The van der Waals surface area contributed by atoms with E-state index in [4.69, 9.17) is 10.7 Å². The van der Waals surface area contributed by atoms with E-state index in [1.807, 2.05) is 6.07 Å². The molecular weight excluding hydrogens is 318 g/mol. The van der Waals surface area contributed by atoms with Crippen molar-refractivity contribution in [2.24, 2.45) is 5.73 Å². The van der Waals surface area contributed by atoms with Gasteiger partial charge in [0.25, 0.3) is 0 Å². The molecule has 3 nitrogen and oxygen atoms in total. The zero-order valence-electron chi connectivity index (χ0n) is 15.0. The maximum Gasteiger partial charge on any atom is 0.137 e. The Morgan fingerprint density at radius 3 is 2.31 bits per heavy atom. The lowest BCUT2D eigenvalue weighted by molar-refractivity contribution is 0.804. The van der Waals surface area contributed by atoms with E-state index in [1.54, 1.807) is 0 Å². The molecule has 0 saturated carbocycles. The highest BCUT2D eigenvalue weighted by molar-refractivity contribution is 5.71. The average molecular weight is 341 g/mol. The second-order valence-electron chi connectivity index (χ2n) is 6.68. The predicted octanol–water partition coefficient (Wildman–Crippen LogP) is 4.87. The van der Waals surface area contributed by atoms with Crippen LogP contribution in [0.1, 0.15) is 17.7 Å². The number of benzene rings is 2. The van der Waals surface area contributed by atoms with Crippen LogP contribution in [-0.4, -0.2) is 15.9 Å². The molecule has 2 aromatic heterocycles. The molecule has 130 valence electrons. The van der Waals surface area contributed by atoms with Crippen LogP contribution in [0.15, 0.2) is 72.9 Å². The standard InChI is InChI=1S/C23H23N3/c1-17-13-15-26-21(8-5-14-24)23(25-22(26)16-17)20-11-9-19(10-12-20)18-6-3-2-4-7-18/h2-4,6-7,9-13,15-16H,5,8,14,24H2,1H3. The minimum atomic E-state index is 0.686. The van der Waals surface area contributed by atoms with Crippen molar-refractivity contribution in [1.29, 1.82) is 0 Å². The molecule has 0 radical (unpaired) electrons. The SMILES string of the molecule is Cc1ccn2c(CCCN)c(-c3ccc(-c4ccccc4)cc3)nc2c1. The van der Waals surface area contributed by atoms with Gasteiger partial charge in [-0.3, -0.25) is 0 Å². The Bertz CT molecular complexity index is 1010. The van der Waals surface area contributed by atoms with Crippen LogP contribution in [0, 0.1) is 6.92 Å². The van der Waals surface area contributed by atoms with Gasteiger partial charge in [0.2, 0.25) is 0 Å². The van der Waals surface area contributed by atoms with Crippen molar-refractivity contribution < 1.29 is 0 Å². The van der Waals surface area contributed by atoms with Crippen molar-refractivity contribution in [1.82, 2.24) is 9.38 Å². The van der Waals surface area contributed by atoms with Gasteiger partial charge in [-0.15, -0.1) is 0 Å². The molecule has 0 atom stereocenters. The number of hydrogen-bond acceptors (Lipinski definition) is 2. The molecule has 0 amide bonds. The van der Waals surface area contributed by atoms with Crippen LogP contribution in [0.3, 0.4) is 0 Å². The van der Waals surface area contributed by atoms with Gasteiger partial charge in [0, 0.05) is 11.8 Å². The zero-order valence-corrected chi connectivity index (χ0v) is 15.0. The third kappa shape index (κ3) is 3.14. The average Bonchev–Trinajstić information content (AvgIpc) is 3.04. The summed E-state index contributed by atoms with van der Waals surface area (Å²) >= 11 is 0. The number of fused-ring (bicyclic) bond motifs is 1. The number of nitrogens with two attached hydrogens (primary N) is 1. The topological polar surface area (TPSA) is 43.3 Å². The van der Waals surface area contributed by atoms with Crippen molar-refractivity contribution in [2.75, 3.05) is 6.54 Å². The van der Waals surface area contributed by atoms with Crippen LogP contribution in [0.25, 0.3) is 28.0 Å². The van der Waals surface area contributed by atoms with Gasteiger partial charge in [-0.05, 0) is 55.1 Å². The van der Waals surface area contributed by atoms with Gasteiger partial charge >= 0.3 is 0 Å². The van der Waals surface area contributed by atoms with E-state index < -0.39 is 0 Å². The second kappa shape index (κ2) is 7.14. The molecule has 0 aliphatic carbocycles. The van der Waals surface area contributed by atoms with Crippen molar-refractivity contribution in [3.8, 4) is 22.4 Å². The molecule has 0 unspecified atom stereocenters. The molecular formula is C23H23N3. The van der Waals surface area contributed by atoms with E-state index in [0.717, 1.165) is 29.7 Å². The van der Waals surface area contributed by atoms with E-state index >= 15 is 0 Å². The van der Waals surface area contributed by atoms with Crippen molar-refractivity contribution in [2.45, 2.75) is 19.8 Å². The van der Waals surface area contributed by atoms with E-state index in [-0.39, 0.29) is 0 Å². The summed E-state index contributed by atoms with van der Waals surface area (Å²) in [5.74, 6) is 0. The van der Waals surface area contributed by atoms with Crippen LogP contribution in [0.2, 0.25) is 0 Å². The minimum Gasteiger partial charge on any atom is -0.330 e. The van der Waals surface area contributed by atoms with Crippen LogP contribution in [-0.2, 0) is 6.42 Å². The summed E-state index contributed by atoms with van der Waals surface area (Å²) in [6.45, 7) is 2.79. The summed E-state index contributed by atoms with van der Waals surface area (Å²) in [7, 11) is 0. The molecule has 4 aromatic rings. The smallest absolute Gasteiger partial charge is 0.137 e. The maximum absolute atomic E-state index is 5.76. The van der Waals surface area contributed by atoms with Gasteiger partial charge < -0.3 is 10.1 Å². The predicted molar refractivity (Wildman–Crippen MR) is 108 cm³/mol. The number of rotatable bonds is 5. The first kappa shape index (κ1) is 16.6. The van der Waals surface area contributed by atoms with E-state index in [0.29, 0.717) is 6.54 Å². The Labute approximate surface area is 154 Å². The summed E-state index contributed by atoms with van der Waals surface area (Å²) in [4.78, 5) is 4.92. The largest absolute Gasteiger partial charge is 0.330 e. The summed E-state index contributed by atoms with van der Waals surface area (Å²) in [6.07, 6.45) is 4.00. The lowest BCUT2D eigenvalue weighted by atomic mass is 10.0. The van der Waals surface area contributed by atoms with E-state index in [9.17, 15) is 0 Å². The van der Waals surface area contributed by atoms with E-state index in [2.05, 4.69) is 78.2 Å². The lowest BCUT2D eigenvalue weighted by Gasteiger charge is -2.06. The third-order valence-corrected chi connectivity index (χ3v) is 4.76. The minimum absolute atomic E-state index is 0.686. The zero-order chi connectivity index (χ0) is 17.9. The quantitative estimate of drug-likeness (QED) is 0.563. The molecule has 2 heterocycles. The molecule has 2 N–H and O–H groups in total. The number of aryl methyl sites for hydroxylation is 2. The van der Waals surface area contributed by atoms with Crippen LogP contribution < -0.4 is 5.73 Å². The third-order valence-electron chi connectivity index (χ3n) is 4.76. The number of pyridine rings is 1. The highest BCUT2D eigenvalue weighted by Crippen LogP contribution is 2.28. The molecule has 0 bridgehead atoms. The molecule has 0 aliphatic rings. The molecule has 4 rings (SSSR count). The highest BCUT2D eigenvalue weighted by atomic mass is 15.0. The number of hydrogen-bond donors (Lipinski definition) is 1. The normalized spacial score (nSPS) is 11.2. The molecule has 0 spiro atoms. The highest BCUT2D eigenvalue weighted by Gasteiger charge is 2.14. The summed E-state index contributed by atoms with van der Waals surface area (Å²) in [5.41, 5.74) is 13.9. The van der Waals surface area contributed by atoms with Crippen molar-refractivity contribution >= 4 is 5.65 Å². The van der Waals surface area contributed by atoms with Crippen LogP contribution >= 0.6 is 0 Å². The Morgan fingerprint density at radius 1 is 0.885 bits per heavy atom. The van der Waals surface area contributed by atoms with Gasteiger partial charge in [-0.1, -0.05) is 54.6 Å². The molecule has 0 aliphatic heterocycles. The Hall–Kier alpha value is -2.91. The first-order chi connectivity index (χ1) is 12.8. The summed E-state index contributed by atoms with van der Waals surface area (Å²) in [5, 5.41) is 0. The molecule has 26 heavy (non-hydrogen) atoms. The lowest BCUT2D eigenvalue weighted by Crippen LogP contribution is -2.03. The first-order valence-electron chi connectivity index (χ1n) is 9.10. The fraction of sp³-hybridized carbons (Fsp3) is 0.174. The van der Waals surface area contributed by atoms with Gasteiger partial charge in [-0.2, -0.15) is 0 Å². The Morgan fingerprint density at radius 2 is 1.58 bits per heavy atom. The fourth-order valence-electron chi connectivity index (χ4n) is 3.39. The van der Waals surface area contributed by atoms with Crippen LogP contribution in [0.4, 0.5) is 0 Å². The number of nitrogens with zero attached hydrogens (tertiary/aromatic N) is 2. The molecule has 0 saturated heterocycles. The van der Waals surface area contributed by atoms with Gasteiger partial charge in [0.05, 0.1) is 11.4 Å². The van der Waals surface area contributed by atoms with Gasteiger partial charge in [0.15, 0.2) is 0 Å². The summed E-state index contributed by atoms with van der Waals surface area (Å²) < 4.78 is 2.20. The maximum atomic E-state index is 5.76. The first-order valence-corrected chi connectivity index (χ1v) is 9.10. The Kier molecular flexibility index (Phi) is 4.55. The Balaban J connectivity index is 1.78. The molecule has 0 fully saturated rings. The fourth-order valence-corrected chi connectivity index (χ4v) is 3.39. The monoisotopic (exact) mass is 341 g/mol. The van der Waals surface area contributed by atoms with Gasteiger partial charge in [-0.25, -0.2) is 4.98 Å².